The molecule has 6 atom stereocenters. The zero-order valence-electron chi connectivity index (χ0n) is 25.5. The fourth-order valence-corrected chi connectivity index (χ4v) is 8.88. The molecule has 2 heterocycles. The van der Waals surface area contributed by atoms with Gasteiger partial charge in [-0.05, 0) is 77.4 Å². The highest BCUT2D eigenvalue weighted by Gasteiger charge is 2.50. The molecule has 2 saturated heterocycles. The van der Waals surface area contributed by atoms with Crippen molar-refractivity contribution in [1.29, 1.82) is 0 Å². The monoisotopic (exact) mass is 576 g/mol. The van der Waals surface area contributed by atoms with Crippen molar-refractivity contribution in [2.75, 3.05) is 39.3 Å². The first-order chi connectivity index (χ1) is 21.0. The number of likely N-dealkylation sites (tertiary alicyclic amines) is 2. The minimum Gasteiger partial charge on any atom is -0.389 e. The molecule has 4 aromatic rings. The molecule has 0 spiro atoms. The van der Waals surface area contributed by atoms with E-state index in [9.17, 15) is 5.11 Å². The van der Waals surface area contributed by atoms with Gasteiger partial charge in [0.15, 0.2) is 0 Å². The van der Waals surface area contributed by atoms with Gasteiger partial charge in [-0.25, -0.2) is 0 Å². The highest BCUT2D eigenvalue weighted by molar-refractivity contribution is 5.87. The molecule has 1 saturated carbocycles. The SMILES string of the molecule is N[C@H]1CCN(CC(c2cccc3ccccc23)C2CCCCC2(O)C(CN2CC[C@H](N)C2)c2cccc3ccccc23)C1. The summed E-state index contributed by atoms with van der Waals surface area (Å²) in [5.74, 6) is 0.330. The summed E-state index contributed by atoms with van der Waals surface area (Å²) in [7, 11) is 0. The van der Waals surface area contributed by atoms with Crippen molar-refractivity contribution < 1.29 is 5.11 Å². The van der Waals surface area contributed by atoms with E-state index in [4.69, 9.17) is 11.5 Å². The van der Waals surface area contributed by atoms with Crippen LogP contribution in [-0.2, 0) is 0 Å². The molecule has 43 heavy (non-hydrogen) atoms. The molecule has 0 aromatic heterocycles. The molecule has 7 rings (SSSR count). The Morgan fingerprint density at radius 1 is 0.674 bits per heavy atom. The lowest BCUT2D eigenvalue weighted by atomic mass is 9.60. The van der Waals surface area contributed by atoms with E-state index in [0.717, 1.165) is 77.8 Å². The smallest absolute Gasteiger partial charge is 0.0762 e. The van der Waals surface area contributed by atoms with Crippen molar-refractivity contribution in [2.24, 2.45) is 17.4 Å². The fraction of sp³-hybridized carbons (Fsp3) is 0.474. The maximum absolute atomic E-state index is 13.5. The molecule has 5 heteroatoms. The van der Waals surface area contributed by atoms with Crippen molar-refractivity contribution in [3.05, 3.63) is 96.1 Å². The van der Waals surface area contributed by atoms with Crippen molar-refractivity contribution in [2.45, 2.75) is 68.0 Å². The average molecular weight is 577 g/mol. The molecule has 0 amide bonds. The van der Waals surface area contributed by atoms with Crippen molar-refractivity contribution >= 4 is 21.5 Å². The van der Waals surface area contributed by atoms with Crippen LogP contribution >= 0.6 is 0 Å². The van der Waals surface area contributed by atoms with Crippen molar-refractivity contribution in [3.63, 3.8) is 0 Å². The van der Waals surface area contributed by atoms with Crippen LogP contribution in [0, 0.1) is 5.92 Å². The Bertz CT molecular complexity index is 1550. The van der Waals surface area contributed by atoms with Gasteiger partial charge in [-0.2, -0.15) is 0 Å². The second-order valence-electron chi connectivity index (χ2n) is 13.8. The first kappa shape index (κ1) is 28.9. The Balaban J connectivity index is 1.36. The Labute approximate surface area is 256 Å². The Morgan fingerprint density at radius 3 is 1.86 bits per heavy atom. The molecule has 5 N–H and O–H groups in total. The van der Waals surface area contributed by atoms with E-state index >= 15 is 0 Å². The number of aliphatic hydroxyl groups is 1. The Kier molecular flexibility index (Phi) is 8.28. The Morgan fingerprint density at radius 2 is 1.23 bits per heavy atom. The van der Waals surface area contributed by atoms with Gasteiger partial charge in [-0.15, -0.1) is 0 Å². The highest BCUT2D eigenvalue weighted by Crippen LogP contribution is 2.52. The molecule has 2 aliphatic heterocycles. The molecule has 4 aromatic carbocycles. The number of benzene rings is 4. The lowest BCUT2D eigenvalue weighted by Gasteiger charge is -2.50. The summed E-state index contributed by atoms with van der Waals surface area (Å²) >= 11 is 0. The molecular formula is C38H48N4O. The molecule has 0 bridgehead atoms. The van der Waals surface area contributed by atoms with E-state index in [1.165, 1.54) is 32.7 Å². The van der Waals surface area contributed by atoms with Gasteiger partial charge >= 0.3 is 0 Å². The third kappa shape index (κ3) is 5.74. The summed E-state index contributed by atoms with van der Waals surface area (Å²) in [5.41, 5.74) is 14.7. The molecule has 4 unspecified atom stereocenters. The fourth-order valence-electron chi connectivity index (χ4n) is 8.88. The lowest BCUT2D eigenvalue weighted by molar-refractivity contribution is -0.0874. The Hall–Kier alpha value is -2.80. The van der Waals surface area contributed by atoms with Gasteiger partial charge in [0.05, 0.1) is 5.60 Å². The quantitative estimate of drug-likeness (QED) is 0.245. The summed E-state index contributed by atoms with van der Waals surface area (Å²) in [6.07, 6.45) is 6.15. The van der Waals surface area contributed by atoms with Gasteiger partial charge in [-0.1, -0.05) is 97.8 Å². The van der Waals surface area contributed by atoms with Gasteiger partial charge in [0, 0.05) is 50.1 Å². The van der Waals surface area contributed by atoms with E-state index in [2.05, 4.69) is 94.7 Å². The van der Waals surface area contributed by atoms with Gasteiger partial charge in [0.2, 0.25) is 0 Å². The van der Waals surface area contributed by atoms with E-state index in [-0.39, 0.29) is 29.8 Å². The van der Waals surface area contributed by atoms with E-state index < -0.39 is 5.60 Å². The minimum absolute atomic E-state index is 0.00693. The summed E-state index contributed by atoms with van der Waals surface area (Å²) in [6, 6.07) is 31.5. The second kappa shape index (κ2) is 12.3. The lowest BCUT2D eigenvalue weighted by Crippen LogP contribution is -2.53. The van der Waals surface area contributed by atoms with Crippen molar-refractivity contribution in [3.8, 4) is 0 Å². The van der Waals surface area contributed by atoms with E-state index in [1.807, 2.05) is 0 Å². The number of hydrogen-bond acceptors (Lipinski definition) is 5. The molecular weight excluding hydrogens is 528 g/mol. The van der Waals surface area contributed by atoms with Gasteiger partial charge < -0.3 is 26.4 Å². The van der Waals surface area contributed by atoms with Crippen LogP contribution in [0.2, 0.25) is 0 Å². The predicted octanol–water partition coefficient (Wildman–Crippen LogP) is 5.85. The van der Waals surface area contributed by atoms with Crippen LogP contribution in [0.3, 0.4) is 0 Å². The zero-order valence-corrected chi connectivity index (χ0v) is 25.5. The molecule has 226 valence electrons. The molecule has 5 nitrogen and oxygen atoms in total. The maximum Gasteiger partial charge on any atom is 0.0762 e. The number of nitrogens with two attached hydrogens (primary N) is 2. The number of hydrogen-bond donors (Lipinski definition) is 3. The van der Waals surface area contributed by atoms with Crippen LogP contribution in [0.1, 0.15) is 61.5 Å². The van der Waals surface area contributed by atoms with Gasteiger partial charge in [0.25, 0.3) is 0 Å². The summed E-state index contributed by atoms with van der Waals surface area (Å²) in [6.45, 7) is 5.65. The number of rotatable bonds is 8. The van der Waals surface area contributed by atoms with E-state index in [1.54, 1.807) is 0 Å². The van der Waals surface area contributed by atoms with E-state index in [0.29, 0.717) is 0 Å². The first-order valence-electron chi connectivity index (χ1n) is 16.6. The standard InChI is InChI=1S/C38H48N4O/c39-29-18-21-41(23-29)25-35(33-15-7-11-27-9-1-3-13-31(27)33)36-17-5-6-20-38(36,43)37(26-42-22-19-30(40)24-42)34-16-8-12-28-10-2-4-14-32(28)34/h1-4,7-16,29-30,35-37,43H,5-6,17-26,39-40H2/t29-,30-,35?,36?,37?,38?/m0/s1. The van der Waals surface area contributed by atoms with Crippen LogP contribution in [0.15, 0.2) is 84.9 Å². The molecule has 3 aliphatic rings. The molecule has 0 radical (unpaired) electrons. The zero-order chi connectivity index (χ0) is 29.4. The third-order valence-electron chi connectivity index (χ3n) is 11.0. The van der Waals surface area contributed by atoms with Gasteiger partial charge in [0.1, 0.15) is 0 Å². The largest absolute Gasteiger partial charge is 0.389 e. The summed E-state index contributed by atoms with van der Waals surface area (Å²) < 4.78 is 0. The maximum atomic E-state index is 13.5. The van der Waals surface area contributed by atoms with Crippen LogP contribution in [0.25, 0.3) is 21.5 Å². The van der Waals surface area contributed by atoms with Crippen LogP contribution in [0.5, 0.6) is 0 Å². The topological polar surface area (TPSA) is 78.8 Å². The second-order valence-corrected chi connectivity index (χ2v) is 13.8. The normalized spacial score (nSPS) is 28.5. The molecule has 1 aliphatic carbocycles. The summed E-state index contributed by atoms with van der Waals surface area (Å²) in [4.78, 5) is 5.09. The predicted molar refractivity (Wildman–Crippen MR) is 178 cm³/mol. The third-order valence-corrected chi connectivity index (χ3v) is 11.0. The minimum atomic E-state index is -0.849. The first-order valence-corrected chi connectivity index (χ1v) is 16.6. The highest BCUT2D eigenvalue weighted by atomic mass is 16.3. The van der Waals surface area contributed by atoms with Crippen LogP contribution < -0.4 is 11.5 Å². The molecule has 3 fully saturated rings. The number of fused-ring (bicyclic) bond motifs is 2. The summed E-state index contributed by atoms with van der Waals surface area (Å²) in [5, 5.41) is 18.6. The van der Waals surface area contributed by atoms with Crippen LogP contribution in [0.4, 0.5) is 0 Å². The average Bonchev–Trinajstić information content (AvgIpc) is 3.65. The van der Waals surface area contributed by atoms with Crippen LogP contribution in [-0.4, -0.2) is 71.9 Å². The van der Waals surface area contributed by atoms with Gasteiger partial charge in [-0.3, -0.25) is 0 Å². The van der Waals surface area contributed by atoms with Crippen molar-refractivity contribution in [1.82, 2.24) is 9.80 Å². The number of nitrogens with zero attached hydrogens (tertiary/aromatic N) is 2.